The van der Waals surface area contributed by atoms with Crippen LogP contribution in [0.4, 0.5) is 14.5 Å². The number of aromatic nitrogens is 6. The molecule has 1 aliphatic rings. The first-order chi connectivity index (χ1) is 28.8. The smallest absolute Gasteiger partial charge is 0.337 e. The second-order valence-electron chi connectivity index (χ2n) is 14.1. The number of anilines is 1. The van der Waals surface area contributed by atoms with Gasteiger partial charge in [-0.3, -0.25) is 23.9 Å². The van der Waals surface area contributed by atoms with Gasteiger partial charge in [-0.15, -0.1) is 0 Å². The summed E-state index contributed by atoms with van der Waals surface area (Å²) in [6, 6.07) is 9.91. The Bertz CT molecular complexity index is 2800. The molecule has 7 rings (SSSR count). The summed E-state index contributed by atoms with van der Waals surface area (Å²) in [6.07, 6.45) is 10.1. The Kier molecular flexibility index (Phi) is 12.2. The van der Waals surface area contributed by atoms with E-state index in [-0.39, 0.29) is 41.7 Å². The highest BCUT2D eigenvalue weighted by atomic mass is 32.2. The lowest BCUT2D eigenvalue weighted by atomic mass is 10.1. The van der Waals surface area contributed by atoms with Gasteiger partial charge in [-0.25, -0.2) is 46.3 Å². The quantitative estimate of drug-likeness (QED) is 0.147. The third-order valence-electron chi connectivity index (χ3n) is 10.0. The van der Waals surface area contributed by atoms with Crippen molar-refractivity contribution in [2.45, 2.75) is 62.2 Å². The number of pyridine rings is 2. The van der Waals surface area contributed by atoms with E-state index in [1.54, 1.807) is 18.5 Å². The molecule has 0 saturated heterocycles. The van der Waals surface area contributed by atoms with Crippen molar-refractivity contribution < 1.29 is 36.3 Å². The molecule has 1 atom stereocenters. The molecule has 0 radical (unpaired) electrons. The normalized spacial score (nSPS) is 13.6. The lowest BCUT2D eigenvalue weighted by Gasteiger charge is -2.21. The number of ether oxygens (including phenoxy) is 2. The molecule has 4 aromatic heterocycles. The predicted octanol–water partition coefficient (Wildman–Crippen LogP) is 4.38. The first kappa shape index (κ1) is 41.4. The molecule has 16 nitrogen and oxygen atoms in total. The zero-order chi connectivity index (χ0) is 42.6. The Labute approximate surface area is 341 Å². The molecular formula is C41H38F2N8O8S. The number of methoxy groups -OCH3 is 1. The van der Waals surface area contributed by atoms with Crippen molar-refractivity contribution in [1.29, 1.82) is 0 Å². The van der Waals surface area contributed by atoms with E-state index >= 15 is 8.78 Å². The van der Waals surface area contributed by atoms with E-state index in [2.05, 4.69) is 25.3 Å². The lowest BCUT2D eigenvalue weighted by molar-refractivity contribution is -0.151. The molecule has 2 N–H and O–H groups in total. The third-order valence-corrected chi connectivity index (χ3v) is 11.4. The summed E-state index contributed by atoms with van der Waals surface area (Å²) < 4.78 is 72.2. The number of amides is 1. The van der Waals surface area contributed by atoms with Crippen LogP contribution in [0.1, 0.15) is 53.8 Å². The lowest BCUT2D eigenvalue weighted by Crippen LogP contribution is -2.43. The van der Waals surface area contributed by atoms with Gasteiger partial charge >= 0.3 is 11.7 Å². The maximum atomic E-state index is 15.5. The average molecular weight is 841 g/mol. The summed E-state index contributed by atoms with van der Waals surface area (Å²) >= 11 is 0. The molecule has 1 amide bonds. The fraction of sp³-hybridized carbons (Fsp3) is 0.268. The predicted molar refractivity (Wildman–Crippen MR) is 214 cm³/mol. The minimum atomic E-state index is -4.41. The number of hydrogen-bond acceptors (Lipinski definition) is 12. The number of sulfonamides is 1. The number of carbonyl (C=O) groups is 2. The molecule has 310 valence electrons. The van der Waals surface area contributed by atoms with Crippen molar-refractivity contribution in [3.8, 4) is 16.9 Å². The van der Waals surface area contributed by atoms with Crippen LogP contribution < -0.4 is 21.3 Å². The zero-order valence-corrected chi connectivity index (χ0v) is 33.1. The van der Waals surface area contributed by atoms with Gasteiger partial charge in [0.15, 0.2) is 5.82 Å². The second kappa shape index (κ2) is 17.6. The number of nitrogens with zero attached hydrogens (tertiary/aromatic N) is 6. The molecule has 0 aliphatic heterocycles. The molecule has 1 aliphatic carbocycles. The van der Waals surface area contributed by atoms with Crippen LogP contribution in [-0.4, -0.2) is 68.6 Å². The maximum absolute atomic E-state index is 15.5. The van der Waals surface area contributed by atoms with Crippen LogP contribution >= 0.6 is 0 Å². The molecule has 19 heteroatoms. The minimum Gasteiger partial charge on any atom is -0.461 e. The Morgan fingerprint density at radius 3 is 2.33 bits per heavy atom. The highest BCUT2D eigenvalue weighted by Gasteiger charge is 2.29. The van der Waals surface area contributed by atoms with Crippen LogP contribution in [0.15, 0.2) is 100 Å². The van der Waals surface area contributed by atoms with Crippen LogP contribution in [0.5, 0.6) is 0 Å². The SMILES string of the molecule is COCc1ncc(-c2ccc(S(=O)(=O)Nc3cc(F)c(C(=O)N[C@@H](CCc4ccc(-n5c(=O)c6ccncc6n(C)c5=O)nc4)C(=O)OC4CCCC4)cc3F)cc2)cn1. The molecular weight excluding hydrogens is 803 g/mol. The first-order valence-corrected chi connectivity index (χ1v) is 20.3. The summed E-state index contributed by atoms with van der Waals surface area (Å²) in [5.41, 5.74) is -0.594. The van der Waals surface area contributed by atoms with Gasteiger partial charge in [-0.1, -0.05) is 18.2 Å². The number of halogens is 2. The monoisotopic (exact) mass is 840 g/mol. The molecule has 0 bridgehead atoms. The fourth-order valence-corrected chi connectivity index (χ4v) is 7.84. The highest BCUT2D eigenvalue weighted by molar-refractivity contribution is 7.92. The van der Waals surface area contributed by atoms with Gasteiger partial charge in [0.1, 0.15) is 36.2 Å². The number of esters is 1. The van der Waals surface area contributed by atoms with E-state index in [0.29, 0.717) is 53.0 Å². The van der Waals surface area contributed by atoms with Gasteiger partial charge in [0.2, 0.25) is 0 Å². The first-order valence-electron chi connectivity index (χ1n) is 18.8. The van der Waals surface area contributed by atoms with E-state index in [1.165, 1.54) is 73.7 Å². The van der Waals surface area contributed by atoms with Crippen molar-refractivity contribution in [3.63, 3.8) is 0 Å². The van der Waals surface area contributed by atoms with Crippen molar-refractivity contribution in [2.75, 3.05) is 11.8 Å². The van der Waals surface area contributed by atoms with Gasteiger partial charge < -0.3 is 14.8 Å². The number of fused-ring (bicyclic) bond motifs is 1. The summed E-state index contributed by atoms with van der Waals surface area (Å²) in [5, 5.41) is 2.72. The molecule has 6 aromatic rings. The largest absolute Gasteiger partial charge is 0.461 e. The number of benzene rings is 2. The van der Waals surface area contributed by atoms with Crippen LogP contribution in [0.2, 0.25) is 0 Å². The molecule has 2 aromatic carbocycles. The molecule has 60 heavy (non-hydrogen) atoms. The Balaban J connectivity index is 1.05. The number of aryl methyl sites for hydroxylation is 2. The van der Waals surface area contributed by atoms with Crippen LogP contribution in [0.25, 0.3) is 27.8 Å². The average Bonchev–Trinajstić information content (AvgIpc) is 3.76. The van der Waals surface area contributed by atoms with Crippen molar-refractivity contribution in [1.82, 2.24) is 34.4 Å². The van der Waals surface area contributed by atoms with Gasteiger partial charge in [0, 0.05) is 50.6 Å². The van der Waals surface area contributed by atoms with E-state index in [9.17, 15) is 27.6 Å². The summed E-state index contributed by atoms with van der Waals surface area (Å²) in [5.74, 6) is -3.89. The van der Waals surface area contributed by atoms with Crippen LogP contribution in [0, 0.1) is 11.6 Å². The van der Waals surface area contributed by atoms with Crippen molar-refractivity contribution in [3.05, 3.63) is 135 Å². The summed E-state index contributed by atoms with van der Waals surface area (Å²) in [4.78, 5) is 69.5. The van der Waals surface area contributed by atoms with Gasteiger partial charge in [-0.2, -0.15) is 0 Å². The maximum Gasteiger partial charge on any atom is 0.337 e. The highest BCUT2D eigenvalue weighted by Crippen LogP contribution is 2.26. The molecule has 0 unspecified atom stereocenters. The van der Waals surface area contributed by atoms with E-state index in [1.807, 2.05) is 4.72 Å². The molecule has 1 saturated carbocycles. The minimum absolute atomic E-state index is 0.0457. The number of rotatable bonds is 14. The van der Waals surface area contributed by atoms with Crippen molar-refractivity contribution in [2.24, 2.45) is 7.05 Å². The molecule has 1 fully saturated rings. The van der Waals surface area contributed by atoms with Gasteiger partial charge in [0.05, 0.1) is 33.2 Å². The topological polar surface area (TPSA) is 206 Å². The van der Waals surface area contributed by atoms with Gasteiger partial charge in [0.25, 0.3) is 21.5 Å². The summed E-state index contributed by atoms with van der Waals surface area (Å²) in [7, 11) is -1.39. The molecule has 0 spiro atoms. The fourth-order valence-electron chi connectivity index (χ4n) is 6.78. The van der Waals surface area contributed by atoms with Gasteiger partial charge in [-0.05, 0) is 80.0 Å². The third kappa shape index (κ3) is 8.96. The van der Waals surface area contributed by atoms with Crippen LogP contribution in [0.3, 0.4) is 0 Å². The van der Waals surface area contributed by atoms with Crippen molar-refractivity contribution >= 4 is 38.5 Å². The van der Waals surface area contributed by atoms with Crippen LogP contribution in [-0.2, 0) is 44.4 Å². The number of nitrogens with one attached hydrogen (secondary N) is 2. The Morgan fingerprint density at radius 2 is 1.65 bits per heavy atom. The Morgan fingerprint density at radius 1 is 0.917 bits per heavy atom. The Hall–Kier alpha value is -6.73. The number of hydrogen-bond donors (Lipinski definition) is 2. The van der Waals surface area contributed by atoms with E-state index < -0.39 is 62.1 Å². The number of carbonyl (C=O) groups excluding carboxylic acids is 2. The standard InChI is InChI=1S/C41H38F2N8O8S/c1-50-35-22-44-16-15-29(35)39(53)51(41(50)55)37-14-8-24(19-47-37)7-13-33(40(54)59-27-5-3-4-6-27)48-38(52)30-17-32(43)34(18-31(30)42)49-60(56,57)28-11-9-25(10-12-28)26-20-45-36(23-58-2)46-21-26/h8-12,14-22,27,33,49H,3-7,13,23H2,1-2H3,(H,48,52)/t33-/m0/s1. The summed E-state index contributed by atoms with van der Waals surface area (Å²) in [6.45, 7) is 0.223. The molecule has 4 heterocycles. The van der Waals surface area contributed by atoms with E-state index in [0.717, 1.165) is 17.4 Å². The second-order valence-corrected chi connectivity index (χ2v) is 15.8. The zero-order valence-electron chi connectivity index (χ0n) is 32.3. The van der Waals surface area contributed by atoms with E-state index in [4.69, 9.17) is 9.47 Å².